The quantitative estimate of drug-likeness (QED) is 0.170. The van der Waals surface area contributed by atoms with E-state index in [9.17, 15) is 19.2 Å². The third kappa shape index (κ3) is 8.45. The van der Waals surface area contributed by atoms with Crippen molar-refractivity contribution in [3.05, 3.63) is 61.7 Å². The molecule has 0 aromatic heterocycles. The van der Waals surface area contributed by atoms with E-state index < -0.39 is 29.9 Å². The molecule has 224 valence electrons. The Morgan fingerprint density at radius 1 is 1.05 bits per heavy atom. The smallest absolute Gasteiger partial charge is 0.343 e. The van der Waals surface area contributed by atoms with E-state index in [-0.39, 0.29) is 36.9 Å². The monoisotopic (exact) mass is 710 g/mol. The fourth-order valence-corrected chi connectivity index (χ4v) is 5.19. The number of allylic oxidation sites excluding steroid dienone is 1. The molecule has 1 aliphatic rings. The van der Waals surface area contributed by atoms with Crippen LogP contribution < -0.4 is 30.3 Å². The Balaban J connectivity index is 1.64. The molecule has 1 atom stereocenters. The molecule has 0 bridgehead atoms. The molecule has 3 amide bonds. The minimum absolute atomic E-state index is 0.174. The van der Waals surface area contributed by atoms with Gasteiger partial charge in [-0.25, -0.2) is 19.8 Å². The lowest BCUT2D eigenvalue weighted by atomic mass is 9.95. The van der Waals surface area contributed by atoms with Gasteiger partial charge in [-0.05, 0) is 81.1 Å². The number of carbonyl (C=O) groups excluding carboxylic acids is 4. The number of urea groups is 1. The maximum Gasteiger partial charge on any atom is 0.343 e. The van der Waals surface area contributed by atoms with Crippen LogP contribution in [-0.2, 0) is 23.9 Å². The molecule has 0 unspecified atom stereocenters. The highest BCUT2D eigenvalue weighted by atomic mass is 79.9. The first-order chi connectivity index (χ1) is 20.1. The normalized spacial score (nSPS) is 14.5. The molecule has 3 rings (SSSR count). The van der Waals surface area contributed by atoms with Gasteiger partial charge < -0.3 is 34.3 Å². The van der Waals surface area contributed by atoms with Gasteiger partial charge in [0.25, 0.3) is 5.91 Å². The van der Waals surface area contributed by atoms with Crippen molar-refractivity contribution < 1.29 is 42.9 Å². The number of halogens is 2. The summed E-state index contributed by atoms with van der Waals surface area (Å²) in [6, 6.07) is 6.93. The molecule has 13 nitrogen and oxygen atoms in total. The summed E-state index contributed by atoms with van der Waals surface area (Å²) in [5.74, 6) is -0.686. The molecular formula is C27H28Br2N4O9. The predicted octanol–water partition coefficient (Wildman–Crippen LogP) is 3.49. The minimum atomic E-state index is -0.785. The SMILES string of the molecule is CCOC(=O)C1=C(C)NC(=O)N[C@@H]1c1ccc(OCC(=O)N/N=C\c2cc(Br)c(OCC(=O)OC)c(Br)c2)c(OC)c1. The first-order valence-corrected chi connectivity index (χ1v) is 13.9. The fourth-order valence-electron chi connectivity index (χ4n) is 3.74. The van der Waals surface area contributed by atoms with Crippen LogP contribution in [0.25, 0.3) is 0 Å². The van der Waals surface area contributed by atoms with Crippen molar-refractivity contribution in [2.75, 3.05) is 34.0 Å². The second kappa shape index (κ2) is 15.2. The number of nitrogens with one attached hydrogen (secondary N) is 3. The maximum absolute atomic E-state index is 12.6. The lowest BCUT2D eigenvalue weighted by molar-refractivity contribution is -0.143. The van der Waals surface area contributed by atoms with Crippen molar-refractivity contribution in [2.24, 2.45) is 5.10 Å². The molecule has 2 aromatic carbocycles. The van der Waals surface area contributed by atoms with Gasteiger partial charge in [0.05, 0.1) is 47.6 Å². The van der Waals surface area contributed by atoms with Crippen LogP contribution in [0.5, 0.6) is 17.2 Å². The van der Waals surface area contributed by atoms with Crippen LogP contribution >= 0.6 is 31.9 Å². The van der Waals surface area contributed by atoms with Crippen molar-refractivity contribution >= 4 is 62.0 Å². The Labute approximate surface area is 258 Å². The van der Waals surface area contributed by atoms with E-state index in [0.717, 1.165) is 0 Å². The predicted molar refractivity (Wildman–Crippen MR) is 157 cm³/mol. The van der Waals surface area contributed by atoms with Crippen LogP contribution in [0, 0.1) is 0 Å². The van der Waals surface area contributed by atoms with E-state index in [2.05, 4.69) is 57.8 Å². The fraction of sp³-hybridized carbons (Fsp3) is 0.296. The number of hydrogen-bond donors (Lipinski definition) is 3. The largest absolute Gasteiger partial charge is 0.493 e. The highest BCUT2D eigenvalue weighted by Crippen LogP contribution is 2.35. The van der Waals surface area contributed by atoms with E-state index in [1.54, 1.807) is 44.2 Å². The molecule has 0 spiro atoms. The lowest BCUT2D eigenvalue weighted by Gasteiger charge is -2.28. The number of hydrazone groups is 1. The lowest BCUT2D eigenvalue weighted by Crippen LogP contribution is -2.45. The van der Waals surface area contributed by atoms with Crippen LogP contribution in [0.4, 0.5) is 4.79 Å². The molecule has 1 aliphatic heterocycles. The van der Waals surface area contributed by atoms with Gasteiger partial charge in [0, 0.05) is 5.70 Å². The Bertz CT molecular complexity index is 1410. The number of rotatable bonds is 12. The Hall–Kier alpha value is -4.11. The number of esters is 2. The second-order valence-corrected chi connectivity index (χ2v) is 10.2. The third-order valence-corrected chi connectivity index (χ3v) is 6.81. The van der Waals surface area contributed by atoms with Crippen LogP contribution in [0.2, 0.25) is 0 Å². The number of carbonyl (C=O) groups is 4. The van der Waals surface area contributed by atoms with Crippen molar-refractivity contribution in [3.63, 3.8) is 0 Å². The van der Waals surface area contributed by atoms with E-state index in [1.165, 1.54) is 20.4 Å². The molecule has 0 aliphatic carbocycles. The summed E-state index contributed by atoms with van der Waals surface area (Å²) in [6.45, 7) is 2.84. The van der Waals surface area contributed by atoms with Gasteiger partial charge in [-0.1, -0.05) is 6.07 Å². The molecule has 0 saturated carbocycles. The Morgan fingerprint density at radius 3 is 2.40 bits per heavy atom. The summed E-state index contributed by atoms with van der Waals surface area (Å²) in [4.78, 5) is 48.4. The summed E-state index contributed by atoms with van der Waals surface area (Å²) in [5, 5.41) is 9.23. The van der Waals surface area contributed by atoms with E-state index in [1.807, 2.05) is 0 Å². The standard InChI is InChI=1S/C27H28Br2N4O9/c1-5-40-26(36)23-14(2)31-27(37)32-24(23)16-6-7-19(20(10-16)38-3)41-12-21(34)33-30-11-15-8-17(28)25(18(29)9-15)42-13-22(35)39-4/h6-11,24H,5,12-13H2,1-4H3,(H,33,34)(H2,31,32,37)/b30-11-/t24-/m1/s1. The maximum atomic E-state index is 12.6. The first kappa shape index (κ1) is 32.4. The van der Waals surface area contributed by atoms with Gasteiger partial charge in [0.2, 0.25) is 0 Å². The topological polar surface area (TPSA) is 163 Å². The summed E-state index contributed by atoms with van der Waals surface area (Å²) in [6.07, 6.45) is 1.41. The van der Waals surface area contributed by atoms with Crippen molar-refractivity contribution in [3.8, 4) is 17.2 Å². The number of amides is 3. The molecule has 1 heterocycles. The summed E-state index contributed by atoms with van der Waals surface area (Å²) in [7, 11) is 2.69. The average molecular weight is 712 g/mol. The highest BCUT2D eigenvalue weighted by molar-refractivity contribution is 9.11. The van der Waals surface area contributed by atoms with E-state index in [4.69, 9.17) is 18.9 Å². The van der Waals surface area contributed by atoms with Gasteiger partial charge in [-0.15, -0.1) is 0 Å². The number of hydrogen-bond acceptors (Lipinski definition) is 10. The molecule has 2 aromatic rings. The van der Waals surface area contributed by atoms with Gasteiger partial charge in [-0.3, -0.25) is 4.79 Å². The minimum Gasteiger partial charge on any atom is -0.493 e. The zero-order valence-corrected chi connectivity index (χ0v) is 26.2. The molecule has 15 heteroatoms. The van der Waals surface area contributed by atoms with Crippen molar-refractivity contribution in [1.82, 2.24) is 16.1 Å². The number of nitrogens with zero attached hydrogens (tertiary/aromatic N) is 1. The van der Waals surface area contributed by atoms with Crippen LogP contribution in [0.15, 0.2) is 55.6 Å². The van der Waals surface area contributed by atoms with Crippen molar-refractivity contribution in [2.45, 2.75) is 19.9 Å². The van der Waals surface area contributed by atoms with Gasteiger partial charge in [0.1, 0.15) is 5.75 Å². The van der Waals surface area contributed by atoms with E-state index in [0.29, 0.717) is 31.5 Å². The second-order valence-electron chi connectivity index (χ2n) is 8.46. The van der Waals surface area contributed by atoms with Gasteiger partial charge in [-0.2, -0.15) is 5.10 Å². The first-order valence-electron chi connectivity index (χ1n) is 12.3. The summed E-state index contributed by atoms with van der Waals surface area (Å²) < 4.78 is 27.3. The Morgan fingerprint density at radius 2 is 1.76 bits per heavy atom. The van der Waals surface area contributed by atoms with E-state index >= 15 is 0 Å². The van der Waals surface area contributed by atoms with Crippen molar-refractivity contribution in [1.29, 1.82) is 0 Å². The molecular weight excluding hydrogens is 684 g/mol. The highest BCUT2D eigenvalue weighted by Gasteiger charge is 2.32. The molecule has 0 fully saturated rings. The number of ether oxygens (including phenoxy) is 5. The number of methoxy groups -OCH3 is 2. The van der Waals surface area contributed by atoms with Gasteiger partial charge >= 0.3 is 18.0 Å². The van der Waals surface area contributed by atoms with Crippen LogP contribution in [0.1, 0.15) is 31.0 Å². The molecule has 3 N–H and O–H groups in total. The van der Waals surface area contributed by atoms with Gasteiger partial charge in [0.15, 0.2) is 24.7 Å². The summed E-state index contributed by atoms with van der Waals surface area (Å²) in [5.41, 5.74) is 4.17. The third-order valence-electron chi connectivity index (χ3n) is 5.63. The zero-order valence-electron chi connectivity index (χ0n) is 23.0. The molecule has 0 saturated heterocycles. The molecule has 42 heavy (non-hydrogen) atoms. The van der Waals surface area contributed by atoms with Crippen LogP contribution in [-0.4, -0.2) is 64.1 Å². The average Bonchev–Trinajstić information content (AvgIpc) is 2.95. The molecule has 0 radical (unpaired) electrons. The Kier molecular flexibility index (Phi) is 11.7. The zero-order chi connectivity index (χ0) is 30.8. The van der Waals surface area contributed by atoms with Crippen LogP contribution in [0.3, 0.4) is 0 Å². The summed E-state index contributed by atoms with van der Waals surface area (Å²) >= 11 is 6.74. The number of benzene rings is 2.